The molecule has 1 unspecified atom stereocenters. The van der Waals surface area contributed by atoms with Crippen LogP contribution in [0.4, 0.5) is 0 Å². The Kier molecular flexibility index (Phi) is 6.09. The number of hydrogen-bond acceptors (Lipinski definition) is 1. The zero-order valence-electron chi connectivity index (χ0n) is 9.15. The second-order valence-corrected chi connectivity index (χ2v) is 3.81. The summed E-state index contributed by atoms with van der Waals surface area (Å²) in [6.07, 6.45) is 3.64. The molecule has 1 N–H and O–H groups in total. The molecule has 0 aromatic rings. The minimum Gasteiger partial charge on any atom is -0.316 e. The van der Waals surface area contributed by atoms with Crippen molar-refractivity contribution < 1.29 is 0 Å². The normalized spacial score (nSPS) is 15.3. The van der Waals surface area contributed by atoms with Crippen LogP contribution in [-0.2, 0) is 0 Å². The topological polar surface area (TPSA) is 12.0 Å². The van der Waals surface area contributed by atoms with Crippen LogP contribution in [0, 0.1) is 11.8 Å². The molecule has 0 spiro atoms. The first kappa shape index (κ1) is 11.7. The van der Waals surface area contributed by atoms with Gasteiger partial charge in [0.05, 0.1) is 0 Å². The van der Waals surface area contributed by atoms with Crippen molar-refractivity contribution in [1.29, 1.82) is 0 Å². The van der Waals surface area contributed by atoms with E-state index in [0.29, 0.717) is 5.92 Å². The first-order valence-electron chi connectivity index (χ1n) is 4.97. The predicted molar refractivity (Wildman–Crippen MR) is 56.3 cm³/mol. The Morgan fingerprint density at radius 1 is 1.33 bits per heavy atom. The van der Waals surface area contributed by atoms with Crippen LogP contribution < -0.4 is 5.32 Å². The molecule has 0 bridgehead atoms. The summed E-state index contributed by atoms with van der Waals surface area (Å²) in [5.41, 5.74) is 1.53. The van der Waals surface area contributed by atoms with Crippen LogP contribution in [0.1, 0.15) is 34.1 Å². The molecular formula is C11H23N. The van der Waals surface area contributed by atoms with Crippen molar-refractivity contribution in [3.8, 4) is 0 Å². The van der Waals surface area contributed by atoms with Gasteiger partial charge in [0.15, 0.2) is 0 Å². The highest BCUT2D eigenvalue weighted by atomic mass is 14.8. The second-order valence-electron chi connectivity index (χ2n) is 3.81. The number of rotatable bonds is 5. The highest BCUT2D eigenvalue weighted by Gasteiger charge is 2.03. The average molecular weight is 169 g/mol. The summed E-state index contributed by atoms with van der Waals surface area (Å²) >= 11 is 0. The van der Waals surface area contributed by atoms with Crippen LogP contribution in [-0.4, -0.2) is 13.6 Å². The monoisotopic (exact) mass is 169 g/mol. The molecule has 0 amide bonds. The van der Waals surface area contributed by atoms with E-state index in [4.69, 9.17) is 0 Å². The Morgan fingerprint density at radius 2 is 1.92 bits per heavy atom. The summed E-state index contributed by atoms with van der Waals surface area (Å²) in [7, 11) is 2.01. The third-order valence-electron chi connectivity index (χ3n) is 2.27. The molecule has 0 heterocycles. The Bertz CT molecular complexity index is 136. The van der Waals surface area contributed by atoms with Gasteiger partial charge in [0, 0.05) is 6.54 Å². The van der Waals surface area contributed by atoms with E-state index in [-0.39, 0.29) is 0 Å². The van der Waals surface area contributed by atoms with E-state index >= 15 is 0 Å². The molecule has 12 heavy (non-hydrogen) atoms. The van der Waals surface area contributed by atoms with Crippen molar-refractivity contribution >= 4 is 0 Å². The first-order chi connectivity index (χ1) is 5.61. The number of hydrogen-bond donors (Lipinski definition) is 1. The maximum atomic E-state index is 3.21. The van der Waals surface area contributed by atoms with Gasteiger partial charge >= 0.3 is 0 Å². The van der Waals surface area contributed by atoms with Gasteiger partial charge in [-0.25, -0.2) is 0 Å². The molecule has 72 valence electrons. The SMILES string of the molecule is CCC(C)C=C(CNC)C(C)C. The van der Waals surface area contributed by atoms with E-state index in [1.54, 1.807) is 0 Å². The third-order valence-corrected chi connectivity index (χ3v) is 2.27. The molecule has 0 fully saturated rings. The third kappa shape index (κ3) is 4.55. The number of nitrogens with one attached hydrogen (secondary N) is 1. The fourth-order valence-electron chi connectivity index (χ4n) is 1.14. The molecule has 0 aromatic carbocycles. The van der Waals surface area contributed by atoms with E-state index in [1.165, 1.54) is 12.0 Å². The van der Waals surface area contributed by atoms with Gasteiger partial charge in [-0.05, 0) is 18.9 Å². The van der Waals surface area contributed by atoms with Crippen molar-refractivity contribution in [2.75, 3.05) is 13.6 Å². The first-order valence-corrected chi connectivity index (χ1v) is 4.97. The second kappa shape index (κ2) is 6.24. The lowest BCUT2D eigenvalue weighted by Gasteiger charge is -2.13. The van der Waals surface area contributed by atoms with E-state index < -0.39 is 0 Å². The summed E-state index contributed by atoms with van der Waals surface area (Å²) < 4.78 is 0. The van der Waals surface area contributed by atoms with E-state index in [2.05, 4.69) is 39.1 Å². The predicted octanol–water partition coefficient (Wildman–Crippen LogP) is 2.83. The van der Waals surface area contributed by atoms with Crippen molar-refractivity contribution in [3.05, 3.63) is 11.6 Å². The number of likely N-dealkylation sites (N-methyl/N-ethyl adjacent to an activating group) is 1. The summed E-state index contributed by atoms with van der Waals surface area (Å²) in [5.74, 6) is 1.39. The van der Waals surface area contributed by atoms with Crippen LogP contribution in [0.25, 0.3) is 0 Å². The zero-order valence-corrected chi connectivity index (χ0v) is 9.15. The lowest BCUT2D eigenvalue weighted by molar-refractivity contribution is 0.646. The molecule has 1 nitrogen and oxygen atoms in total. The van der Waals surface area contributed by atoms with Crippen LogP contribution in [0.3, 0.4) is 0 Å². The molecule has 1 heteroatoms. The molecule has 0 aromatic heterocycles. The van der Waals surface area contributed by atoms with Crippen molar-refractivity contribution in [2.45, 2.75) is 34.1 Å². The van der Waals surface area contributed by atoms with Gasteiger partial charge in [-0.15, -0.1) is 0 Å². The lowest BCUT2D eigenvalue weighted by Crippen LogP contribution is -2.14. The van der Waals surface area contributed by atoms with Gasteiger partial charge in [0.2, 0.25) is 0 Å². The van der Waals surface area contributed by atoms with Gasteiger partial charge in [-0.2, -0.15) is 0 Å². The van der Waals surface area contributed by atoms with Gasteiger partial charge in [0.1, 0.15) is 0 Å². The maximum absolute atomic E-state index is 3.21. The molecular weight excluding hydrogens is 146 g/mol. The van der Waals surface area contributed by atoms with Crippen LogP contribution in [0.2, 0.25) is 0 Å². The lowest BCUT2D eigenvalue weighted by atomic mass is 9.97. The Labute approximate surface area is 77.2 Å². The van der Waals surface area contributed by atoms with E-state index in [1.807, 2.05) is 7.05 Å². The summed E-state index contributed by atoms with van der Waals surface area (Å²) in [6, 6.07) is 0. The van der Waals surface area contributed by atoms with E-state index in [9.17, 15) is 0 Å². The molecule has 0 saturated carbocycles. The van der Waals surface area contributed by atoms with Crippen molar-refractivity contribution in [3.63, 3.8) is 0 Å². The maximum Gasteiger partial charge on any atom is 0.0164 e. The van der Waals surface area contributed by atoms with Gasteiger partial charge in [-0.1, -0.05) is 45.8 Å². The molecule has 0 rings (SSSR count). The largest absolute Gasteiger partial charge is 0.316 e. The summed E-state index contributed by atoms with van der Waals surface area (Å²) in [6.45, 7) is 10.1. The quantitative estimate of drug-likeness (QED) is 0.624. The summed E-state index contributed by atoms with van der Waals surface area (Å²) in [4.78, 5) is 0. The minimum absolute atomic E-state index is 0.673. The Balaban J connectivity index is 4.16. The highest BCUT2D eigenvalue weighted by Crippen LogP contribution is 2.13. The van der Waals surface area contributed by atoms with Gasteiger partial charge in [0.25, 0.3) is 0 Å². The van der Waals surface area contributed by atoms with Crippen LogP contribution in [0.5, 0.6) is 0 Å². The average Bonchev–Trinajstić information content (AvgIpc) is 2.03. The Hall–Kier alpha value is -0.300. The highest BCUT2D eigenvalue weighted by molar-refractivity contribution is 5.08. The van der Waals surface area contributed by atoms with Crippen molar-refractivity contribution in [1.82, 2.24) is 5.32 Å². The molecule has 0 aliphatic rings. The molecule has 0 aliphatic carbocycles. The molecule has 0 saturated heterocycles. The molecule has 0 aliphatic heterocycles. The fourth-order valence-corrected chi connectivity index (χ4v) is 1.14. The molecule has 0 radical (unpaired) electrons. The fraction of sp³-hybridized carbons (Fsp3) is 0.818. The van der Waals surface area contributed by atoms with Crippen molar-refractivity contribution in [2.24, 2.45) is 11.8 Å². The Morgan fingerprint density at radius 3 is 2.25 bits per heavy atom. The summed E-state index contributed by atoms with van der Waals surface area (Å²) in [5, 5.41) is 3.21. The smallest absolute Gasteiger partial charge is 0.0164 e. The van der Waals surface area contributed by atoms with E-state index in [0.717, 1.165) is 12.5 Å². The standard InChI is InChI=1S/C11H23N/c1-6-10(4)7-11(8-12-5)9(2)3/h7,9-10,12H,6,8H2,1-5H3. The van der Waals surface area contributed by atoms with Gasteiger partial charge in [-0.3, -0.25) is 0 Å². The van der Waals surface area contributed by atoms with Gasteiger partial charge < -0.3 is 5.32 Å². The van der Waals surface area contributed by atoms with Crippen LogP contribution in [0.15, 0.2) is 11.6 Å². The molecule has 1 atom stereocenters. The minimum atomic E-state index is 0.673. The number of allylic oxidation sites excluding steroid dienone is 1. The zero-order chi connectivity index (χ0) is 9.56. The van der Waals surface area contributed by atoms with Crippen LogP contribution >= 0.6 is 0 Å².